The van der Waals surface area contributed by atoms with Crippen LogP contribution < -0.4 is 4.74 Å². The molecule has 4 rings (SSSR count). The highest BCUT2D eigenvalue weighted by atomic mass is 16.5. The lowest BCUT2D eigenvalue weighted by molar-refractivity contribution is -0.129. The summed E-state index contributed by atoms with van der Waals surface area (Å²) in [5.41, 5.74) is 2.28. The molecule has 0 unspecified atom stereocenters. The average Bonchev–Trinajstić information content (AvgIpc) is 2.70. The normalized spacial score (nSPS) is 21.0. The Morgan fingerprint density at radius 3 is 2.71 bits per heavy atom. The van der Waals surface area contributed by atoms with E-state index < -0.39 is 0 Å². The van der Waals surface area contributed by atoms with Gasteiger partial charge < -0.3 is 9.64 Å². The average molecular weight is 380 g/mol. The molecular weight excluding hydrogens is 350 g/mol. The minimum absolute atomic E-state index is 0.156. The van der Waals surface area contributed by atoms with E-state index in [1.54, 1.807) is 4.90 Å². The van der Waals surface area contributed by atoms with Gasteiger partial charge in [-0.15, -0.1) is 0 Å². The number of nitrogens with zero attached hydrogens (tertiary/aromatic N) is 3. The molecule has 1 fully saturated rings. The number of rotatable bonds is 4. The van der Waals surface area contributed by atoms with Crippen molar-refractivity contribution >= 4 is 5.91 Å². The van der Waals surface area contributed by atoms with Crippen molar-refractivity contribution in [3.05, 3.63) is 59.9 Å². The van der Waals surface area contributed by atoms with Crippen molar-refractivity contribution in [3.8, 4) is 5.75 Å². The first-order valence-electron chi connectivity index (χ1n) is 10.1. The van der Waals surface area contributed by atoms with E-state index in [1.807, 2.05) is 44.7 Å². The van der Waals surface area contributed by atoms with Gasteiger partial charge in [-0.3, -0.25) is 14.7 Å². The molecule has 3 heterocycles. The fraction of sp³-hybridized carbons (Fsp3) is 0.478. The first-order chi connectivity index (χ1) is 13.5. The molecule has 1 saturated heterocycles. The molecule has 0 saturated carbocycles. The van der Waals surface area contributed by atoms with Crippen LogP contribution in [0.25, 0.3) is 0 Å². The van der Waals surface area contributed by atoms with E-state index in [9.17, 15) is 4.79 Å². The van der Waals surface area contributed by atoms with Crippen LogP contribution in [0.5, 0.6) is 5.75 Å². The number of benzene rings is 1. The fourth-order valence-corrected chi connectivity index (χ4v) is 4.49. The summed E-state index contributed by atoms with van der Waals surface area (Å²) in [6, 6.07) is 12.4. The van der Waals surface area contributed by atoms with Crippen LogP contribution in [0.15, 0.2) is 48.8 Å². The number of carbonyl (C=O) groups is 1. The number of likely N-dealkylation sites (tertiary alicyclic amines) is 1. The Hall–Kier alpha value is -2.40. The van der Waals surface area contributed by atoms with Crippen LogP contribution in [0, 0.1) is 0 Å². The first kappa shape index (κ1) is 18.9. The SMILES string of the molecule is CN(C)C(=O)C[C@H]1CC2(CCN(Cc3cccnc3)CC2)Oc2ccccc21. The Kier molecular flexibility index (Phi) is 5.36. The molecule has 2 aromatic rings. The minimum Gasteiger partial charge on any atom is -0.487 e. The van der Waals surface area contributed by atoms with Crippen LogP contribution in [0.3, 0.4) is 0 Å². The van der Waals surface area contributed by atoms with Gasteiger partial charge in [0.1, 0.15) is 11.4 Å². The molecule has 2 aliphatic rings. The third kappa shape index (κ3) is 4.04. The molecule has 1 spiro atoms. The molecule has 1 atom stereocenters. The third-order valence-corrected chi connectivity index (χ3v) is 6.12. The predicted octanol–water partition coefficient (Wildman–Crippen LogP) is 3.46. The molecule has 1 amide bonds. The maximum Gasteiger partial charge on any atom is 0.222 e. The van der Waals surface area contributed by atoms with E-state index in [1.165, 1.54) is 11.1 Å². The van der Waals surface area contributed by atoms with Gasteiger partial charge in [0.15, 0.2) is 0 Å². The molecule has 2 aliphatic heterocycles. The van der Waals surface area contributed by atoms with E-state index >= 15 is 0 Å². The van der Waals surface area contributed by atoms with Gasteiger partial charge in [-0.25, -0.2) is 0 Å². The van der Waals surface area contributed by atoms with Crippen molar-refractivity contribution in [1.82, 2.24) is 14.8 Å². The second-order valence-electron chi connectivity index (χ2n) is 8.35. The van der Waals surface area contributed by atoms with Crippen molar-refractivity contribution in [3.63, 3.8) is 0 Å². The van der Waals surface area contributed by atoms with Crippen LogP contribution in [-0.4, -0.2) is 53.5 Å². The summed E-state index contributed by atoms with van der Waals surface area (Å²) in [6.45, 7) is 2.94. The van der Waals surface area contributed by atoms with Crippen molar-refractivity contribution in [2.45, 2.75) is 43.7 Å². The van der Waals surface area contributed by atoms with E-state index in [0.717, 1.165) is 44.6 Å². The summed E-state index contributed by atoms with van der Waals surface area (Å²) in [7, 11) is 3.67. The zero-order valence-electron chi connectivity index (χ0n) is 16.8. The molecule has 0 aliphatic carbocycles. The quantitative estimate of drug-likeness (QED) is 0.816. The molecular formula is C23H29N3O2. The highest BCUT2D eigenvalue weighted by Crippen LogP contribution is 2.46. The summed E-state index contributed by atoms with van der Waals surface area (Å²) < 4.78 is 6.57. The molecule has 28 heavy (non-hydrogen) atoms. The maximum absolute atomic E-state index is 12.4. The van der Waals surface area contributed by atoms with Crippen molar-refractivity contribution < 1.29 is 9.53 Å². The van der Waals surface area contributed by atoms with E-state index in [4.69, 9.17) is 4.74 Å². The number of carbonyl (C=O) groups excluding carboxylic acids is 1. The highest BCUT2D eigenvalue weighted by Gasteiger charge is 2.43. The Morgan fingerprint density at radius 1 is 1.21 bits per heavy atom. The summed E-state index contributed by atoms with van der Waals surface area (Å²) in [4.78, 5) is 20.8. The van der Waals surface area contributed by atoms with Gasteiger partial charge in [-0.1, -0.05) is 24.3 Å². The Morgan fingerprint density at radius 2 is 2.00 bits per heavy atom. The Bertz CT molecular complexity index is 814. The van der Waals surface area contributed by atoms with Crippen molar-refractivity contribution in [2.75, 3.05) is 27.2 Å². The second-order valence-corrected chi connectivity index (χ2v) is 8.35. The first-order valence-corrected chi connectivity index (χ1v) is 10.1. The molecule has 0 bridgehead atoms. The molecule has 1 aromatic carbocycles. The number of hydrogen-bond acceptors (Lipinski definition) is 4. The van der Waals surface area contributed by atoms with Gasteiger partial charge >= 0.3 is 0 Å². The summed E-state index contributed by atoms with van der Waals surface area (Å²) in [5, 5.41) is 0. The molecule has 1 aromatic heterocycles. The topological polar surface area (TPSA) is 45.7 Å². The van der Waals surface area contributed by atoms with Crippen molar-refractivity contribution in [2.24, 2.45) is 0 Å². The van der Waals surface area contributed by atoms with Crippen molar-refractivity contribution in [1.29, 1.82) is 0 Å². The molecule has 0 radical (unpaired) electrons. The lowest BCUT2D eigenvalue weighted by atomic mass is 9.76. The number of fused-ring (bicyclic) bond motifs is 1. The Labute approximate surface area is 167 Å². The zero-order chi connectivity index (χ0) is 19.6. The van der Waals surface area contributed by atoms with Crippen LogP contribution in [-0.2, 0) is 11.3 Å². The van der Waals surface area contributed by atoms with Crippen LogP contribution in [0.2, 0.25) is 0 Å². The predicted molar refractivity (Wildman–Crippen MR) is 109 cm³/mol. The van der Waals surface area contributed by atoms with Gasteiger partial charge in [-0.2, -0.15) is 0 Å². The van der Waals surface area contributed by atoms with Crippen LogP contribution >= 0.6 is 0 Å². The number of hydrogen-bond donors (Lipinski definition) is 0. The lowest BCUT2D eigenvalue weighted by Gasteiger charge is -2.47. The minimum atomic E-state index is -0.156. The van der Waals surface area contributed by atoms with Gasteiger partial charge in [0.25, 0.3) is 0 Å². The lowest BCUT2D eigenvalue weighted by Crippen LogP contribution is -2.50. The third-order valence-electron chi connectivity index (χ3n) is 6.12. The Balaban J connectivity index is 1.47. The van der Waals surface area contributed by atoms with Gasteiger partial charge in [0, 0.05) is 58.5 Å². The zero-order valence-corrected chi connectivity index (χ0v) is 16.8. The number of para-hydroxylation sites is 1. The fourth-order valence-electron chi connectivity index (χ4n) is 4.49. The summed E-state index contributed by atoms with van der Waals surface area (Å²) in [5.74, 6) is 1.38. The number of amides is 1. The number of pyridine rings is 1. The maximum atomic E-state index is 12.4. The standard InChI is InChI=1S/C23H29N3O2/c1-25(2)22(27)14-19-15-23(28-21-8-4-3-7-20(19)21)9-12-26(13-10-23)17-18-6-5-11-24-16-18/h3-8,11,16,19H,9-10,12-15,17H2,1-2H3/t19-/m0/s1. The van der Waals surface area contributed by atoms with Gasteiger partial charge in [0.05, 0.1) is 0 Å². The molecule has 148 valence electrons. The van der Waals surface area contributed by atoms with Gasteiger partial charge in [-0.05, 0) is 42.5 Å². The highest BCUT2D eigenvalue weighted by molar-refractivity contribution is 5.76. The van der Waals surface area contributed by atoms with Crippen LogP contribution in [0.4, 0.5) is 0 Å². The smallest absolute Gasteiger partial charge is 0.222 e. The monoisotopic (exact) mass is 379 g/mol. The largest absolute Gasteiger partial charge is 0.487 e. The molecule has 5 heteroatoms. The number of ether oxygens (including phenoxy) is 1. The molecule has 0 N–H and O–H groups in total. The summed E-state index contributed by atoms with van der Waals surface area (Å²) >= 11 is 0. The second kappa shape index (κ2) is 7.92. The van der Waals surface area contributed by atoms with E-state index in [-0.39, 0.29) is 17.4 Å². The van der Waals surface area contributed by atoms with Gasteiger partial charge in [0.2, 0.25) is 5.91 Å². The number of piperidine rings is 1. The van der Waals surface area contributed by atoms with Crippen LogP contribution in [0.1, 0.15) is 42.7 Å². The number of aromatic nitrogens is 1. The van der Waals surface area contributed by atoms with E-state index in [0.29, 0.717) is 6.42 Å². The van der Waals surface area contributed by atoms with E-state index in [2.05, 4.69) is 28.1 Å². The molecule has 5 nitrogen and oxygen atoms in total. The summed E-state index contributed by atoms with van der Waals surface area (Å²) in [6.07, 6.45) is 7.22.